The van der Waals surface area contributed by atoms with Gasteiger partial charge in [0, 0.05) is 21.5 Å². The molecule has 2 nitrogen and oxygen atoms in total. The van der Waals surface area contributed by atoms with Crippen molar-refractivity contribution in [2.75, 3.05) is 0 Å². The Kier molecular flexibility index (Phi) is 9.51. The van der Waals surface area contributed by atoms with Crippen molar-refractivity contribution < 1.29 is 26.3 Å². The van der Waals surface area contributed by atoms with Crippen molar-refractivity contribution in [3.8, 4) is 22.5 Å². The molecule has 0 radical (unpaired) electrons. The fraction of sp³-hybridized carbons (Fsp3) is 0.321. The second kappa shape index (κ2) is 13.8. The van der Waals surface area contributed by atoms with Gasteiger partial charge in [-0.2, -0.15) is 13.2 Å². The van der Waals surface area contributed by atoms with Gasteiger partial charge in [0.05, 0.1) is 33.4 Å². The van der Waals surface area contributed by atoms with Crippen molar-refractivity contribution in [3.63, 3.8) is 0 Å². The highest BCUT2D eigenvalue weighted by Crippen LogP contribution is 2.48. The van der Waals surface area contributed by atoms with E-state index >= 15 is 22.0 Å². The molecule has 61 heavy (non-hydrogen) atoms. The topological polar surface area (TPSA) is 9.86 Å². The van der Waals surface area contributed by atoms with E-state index < -0.39 is 29.2 Å². The average Bonchev–Trinajstić information content (AvgIpc) is 3.65. The van der Waals surface area contributed by atoms with Gasteiger partial charge in [0.15, 0.2) is 17.5 Å². The van der Waals surface area contributed by atoms with Gasteiger partial charge in [-0.25, -0.2) is 13.2 Å². The van der Waals surface area contributed by atoms with Crippen molar-refractivity contribution in [2.45, 2.75) is 111 Å². The number of halogens is 6. The van der Waals surface area contributed by atoms with Crippen LogP contribution in [0.4, 0.5) is 26.3 Å². The van der Waals surface area contributed by atoms with Gasteiger partial charge < -0.3 is 9.13 Å². The lowest BCUT2D eigenvalue weighted by Crippen LogP contribution is -2.17. The van der Waals surface area contributed by atoms with Crippen LogP contribution in [-0.2, 0) is 27.8 Å². The summed E-state index contributed by atoms with van der Waals surface area (Å²) in [5, 5.41) is 3.01. The van der Waals surface area contributed by atoms with E-state index in [0.717, 1.165) is 55.9 Å². The third kappa shape index (κ3) is 7.19. The van der Waals surface area contributed by atoms with Crippen LogP contribution in [0.3, 0.4) is 0 Å². The molecule has 0 amide bonds. The number of hydrogen-bond acceptors (Lipinski definition) is 0. The second-order valence-electron chi connectivity index (χ2n) is 20.7. The van der Waals surface area contributed by atoms with E-state index in [1.807, 2.05) is 72.8 Å². The molecule has 0 fully saturated rings. The highest BCUT2D eigenvalue weighted by molar-refractivity contribution is 6.11. The van der Waals surface area contributed by atoms with Gasteiger partial charge in [-0.15, -0.1) is 0 Å². The van der Waals surface area contributed by atoms with E-state index in [1.165, 1.54) is 12.1 Å². The maximum Gasteiger partial charge on any atom is 0.420 e. The molecule has 0 saturated heterocycles. The molecule has 8 aromatic rings. The second-order valence-corrected chi connectivity index (χ2v) is 20.7. The molecule has 0 spiro atoms. The smallest absolute Gasteiger partial charge is 0.309 e. The largest absolute Gasteiger partial charge is 0.420 e. The molecule has 0 bridgehead atoms. The Morgan fingerprint density at radius 3 is 0.869 bits per heavy atom. The lowest BCUT2D eigenvalue weighted by molar-refractivity contribution is -0.137. The van der Waals surface area contributed by atoms with Gasteiger partial charge in [-0.05, 0) is 104 Å². The van der Waals surface area contributed by atoms with Crippen molar-refractivity contribution in [2.24, 2.45) is 0 Å². The van der Waals surface area contributed by atoms with E-state index in [1.54, 1.807) is 9.13 Å². The first-order chi connectivity index (χ1) is 28.1. The van der Waals surface area contributed by atoms with E-state index in [2.05, 4.69) is 83.1 Å². The number of rotatable bonds is 3. The summed E-state index contributed by atoms with van der Waals surface area (Å²) in [6, 6.07) is 28.1. The number of fused-ring (bicyclic) bond motifs is 6. The molecule has 316 valence electrons. The predicted molar refractivity (Wildman–Crippen MR) is 240 cm³/mol. The maximum absolute atomic E-state index is 16.7. The lowest BCUT2D eigenvalue weighted by Gasteiger charge is -2.25. The van der Waals surface area contributed by atoms with Gasteiger partial charge in [0.2, 0.25) is 0 Å². The number of alkyl halides is 3. The molecule has 2 aromatic heterocycles. The van der Waals surface area contributed by atoms with Crippen molar-refractivity contribution in [1.82, 2.24) is 9.13 Å². The number of aromatic nitrogens is 2. The minimum Gasteiger partial charge on any atom is -0.309 e. The summed E-state index contributed by atoms with van der Waals surface area (Å²) in [5.41, 5.74) is 3.03. The van der Waals surface area contributed by atoms with Crippen LogP contribution in [0.15, 0.2) is 97.1 Å². The van der Waals surface area contributed by atoms with E-state index in [4.69, 9.17) is 0 Å². The Morgan fingerprint density at radius 2 is 0.623 bits per heavy atom. The zero-order valence-electron chi connectivity index (χ0n) is 36.9. The summed E-state index contributed by atoms with van der Waals surface area (Å²) < 4.78 is 98.4. The van der Waals surface area contributed by atoms with Crippen LogP contribution < -0.4 is 0 Å². The van der Waals surface area contributed by atoms with Crippen LogP contribution in [0, 0.1) is 17.5 Å². The molecule has 0 saturated carbocycles. The number of nitrogens with zero attached hydrogens (tertiary/aromatic N) is 2. The molecule has 0 aliphatic rings. The van der Waals surface area contributed by atoms with Gasteiger partial charge >= 0.3 is 6.18 Å². The van der Waals surface area contributed by atoms with Gasteiger partial charge in [0.25, 0.3) is 0 Å². The minimum absolute atomic E-state index is 0.0821. The fourth-order valence-corrected chi connectivity index (χ4v) is 8.57. The normalized spacial score (nSPS) is 13.4. The van der Waals surface area contributed by atoms with Crippen molar-refractivity contribution in [3.05, 3.63) is 142 Å². The zero-order chi connectivity index (χ0) is 44.5. The van der Waals surface area contributed by atoms with Gasteiger partial charge in [-0.3, -0.25) is 0 Å². The van der Waals surface area contributed by atoms with Crippen molar-refractivity contribution >= 4 is 43.6 Å². The molecule has 0 atom stereocenters. The van der Waals surface area contributed by atoms with Crippen LogP contribution in [0.1, 0.15) is 111 Å². The molecular formula is C53H52F6N2. The van der Waals surface area contributed by atoms with E-state index in [0.29, 0.717) is 22.1 Å². The molecule has 0 unspecified atom stereocenters. The summed E-state index contributed by atoms with van der Waals surface area (Å²) in [6.45, 7) is 24.6. The predicted octanol–water partition coefficient (Wildman–Crippen LogP) is 16.2. The van der Waals surface area contributed by atoms with Crippen LogP contribution in [-0.4, -0.2) is 9.13 Å². The molecular weight excluding hydrogens is 779 g/mol. The highest BCUT2D eigenvalue weighted by atomic mass is 19.4. The van der Waals surface area contributed by atoms with Gasteiger partial charge in [-0.1, -0.05) is 132 Å². The number of hydrogen-bond donors (Lipinski definition) is 0. The SMILES string of the molecule is CC(C)(C)c1ccc2c3ccc(C(C)(C)C)cc3n(-c3cc(-c4cc(F)c(F)c(F)c4)cc(-n4c5cc(C(C)(C)C)ccc5c5ccc(C(C)(C)C)cc54)c3C(F)(F)F)c2c1. The molecule has 2 heterocycles. The molecule has 0 N–H and O–H groups in total. The van der Waals surface area contributed by atoms with Gasteiger partial charge in [0.1, 0.15) is 5.56 Å². The molecule has 8 rings (SSSR count). The summed E-state index contributed by atoms with van der Waals surface area (Å²) >= 11 is 0. The van der Waals surface area contributed by atoms with Crippen LogP contribution in [0.2, 0.25) is 0 Å². The third-order valence-corrected chi connectivity index (χ3v) is 12.2. The summed E-state index contributed by atoms with van der Waals surface area (Å²) in [5.74, 6) is -4.54. The molecule has 6 aromatic carbocycles. The lowest BCUT2D eigenvalue weighted by atomic mass is 9.86. The van der Waals surface area contributed by atoms with E-state index in [9.17, 15) is 4.39 Å². The molecule has 8 heteroatoms. The average molecular weight is 831 g/mol. The van der Waals surface area contributed by atoms with Crippen LogP contribution >= 0.6 is 0 Å². The van der Waals surface area contributed by atoms with Crippen molar-refractivity contribution in [1.29, 1.82) is 0 Å². The Morgan fingerprint density at radius 1 is 0.361 bits per heavy atom. The molecule has 0 aliphatic carbocycles. The zero-order valence-corrected chi connectivity index (χ0v) is 36.9. The summed E-state index contributed by atoms with van der Waals surface area (Å²) in [4.78, 5) is 0. The first kappa shape index (κ1) is 42.2. The Balaban J connectivity index is 1.66. The van der Waals surface area contributed by atoms with Crippen LogP contribution in [0.25, 0.3) is 66.1 Å². The van der Waals surface area contributed by atoms with Crippen LogP contribution in [0.5, 0.6) is 0 Å². The monoisotopic (exact) mass is 830 g/mol. The Labute approximate surface area is 353 Å². The third-order valence-electron chi connectivity index (χ3n) is 12.2. The first-order valence-corrected chi connectivity index (χ1v) is 20.7. The quantitative estimate of drug-likeness (QED) is 0.124. The fourth-order valence-electron chi connectivity index (χ4n) is 8.57. The standard InChI is InChI=1S/C53H52F6N2/c1-49(2,3)31-13-17-35-36-18-14-32(50(4,5)6)26-42(36)60(41(35)25-31)45-23-30(29-21-39(54)48(56)40(55)22-29)24-46(47(45)53(57,58)59)61-43-27-33(51(7,8)9)15-19-37(43)38-20-16-34(28-44(38)61)52(10,11)12/h13-28H,1-12H3. The van der Waals surface area contributed by atoms with E-state index in [-0.39, 0.29) is 44.2 Å². The summed E-state index contributed by atoms with van der Waals surface area (Å²) in [6.07, 6.45) is -4.96. The summed E-state index contributed by atoms with van der Waals surface area (Å²) in [7, 11) is 0. The molecule has 0 aliphatic heterocycles. The Bertz CT molecular complexity index is 2740. The Hall–Kier alpha value is -5.50. The number of benzene rings is 6. The minimum atomic E-state index is -4.96. The highest BCUT2D eigenvalue weighted by Gasteiger charge is 2.40. The first-order valence-electron chi connectivity index (χ1n) is 20.7. The maximum atomic E-state index is 16.7.